The summed E-state index contributed by atoms with van der Waals surface area (Å²) in [5.74, 6) is -5.36. The molecule has 8 atom stereocenters. The van der Waals surface area contributed by atoms with E-state index in [1.807, 2.05) is 0 Å². The Morgan fingerprint density at radius 2 is 1.49 bits per heavy atom. The fraction of sp³-hybridized carbons (Fsp3) is 0.600. The number of carbonyl (C=O) groups is 6. The molecule has 1 fully saturated rings. The minimum atomic E-state index is -1.54. The second kappa shape index (κ2) is 14.4. The predicted molar refractivity (Wildman–Crippen MR) is 126 cm³/mol. The van der Waals surface area contributed by atoms with Gasteiger partial charge in [0.15, 0.2) is 18.3 Å². The quantitative estimate of drug-likeness (QED) is 0.149. The summed E-state index contributed by atoms with van der Waals surface area (Å²) in [5.41, 5.74) is 0.0656. The Morgan fingerprint density at radius 3 is 2.00 bits per heavy atom. The highest BCUT2D eigenvalue weighted by atomic mass is 16.8. The third-order valence-corrected chi connectivity index (χ3v) is 5.77. The van der Waals surface area contributed by atoms with E-state index in [-0.39, 0.29) is 12.0 Å². The largest absolute Gasteiger partial charge is 0.471 e. The van der Waals surface area contributed by atoms with Crippen LogP contribution in [0.1, 0.15) is 34.1 Å². The lowest BCUT2D eigenvalue weighted by Gasteiger charge is -2.45. The summed E-state index contributed by atoms with van der Waals surface area (Å²) in [7, 11) is 1.17. The molecule has 1 saturated heterocycles. The summed E-state index contributed by atoms with van der Waals surface area (Å²) < 4.78 is 43.4. The number of esters is 5. The van der Waals surface area contributed by atoms with Crippen LogP contribution < -0.4 is 0 Å². The van der Waals surface area contributed by atoms with Crippen LogP contribution in [0.4, 0.5) is 0 Å². The van der Waals surface area contributed by atoms with Crippen molar-refractivity contribution in [2.45, 2.75) is 71.1 Å². The molecule has 0 amide bonds. The van der Waals surface area contributed by atoms with Crippen LogP contribution >= 0.6 is 0 Å². The van der Waals surface area contributed by atoms with Gasteiger partial charge in [-0.05, 0) is 0 Å². The Morgan fingerprint density at radius 1 is 0.897 bits per heavy atom. The summed E-state index contributed by atoms with van der Waals surface area (Å²) in [6.45, 7) is 7.71. The molecule has 0 radical (unpaired) electrons. The van der Waals surface area contributed by atoms with Crippen molar-refractivity contribution in [3.05, 3.63) is 24.5 Å². The molecule has 2 rings (SSSR count). The van der Waals surface area contributed by atoms with Crippen LogP contribution in [-0.4, -0.2) is 86.8 Å². The van der Waals surface area contributed by atoms with Gasteiger partial charge >= 0.3 is 29.8 Å². The third-order valence-electron chi connectivity index (χ3n) is 5.77. The topological polar surface area (TPSA) is 176 Å². The second-order valence-corrected chi connectivity index (χ2v) is 8.59. The van der Waals surface area contributed by atoms with Crippen molar-refractivity contribution in [2.75, 3.05) is 13.7 Å². The summed E-state index contributed by atoms with van der Waals surface area (Å²) >= 11 is 0. The Labute approximate surface area is 224 Å². The van der Waals surface area contributed by atoms with Gasteiger partial charge in [-0.25, -0.2) is 4.79 Å². The van der Waals surface area contributed by atoms with Crippen LogP contribution in [0.15, 0.2) is 24.5 Å². The zero-order chi connectivity index (χ0) is 29.3. The third kappa shape index (κ3) is 8.35. The normalized spacial score (nSPS) is 29.9. The van der Waals surface area contributed by atoms with Gasteiger partial charge in [-0.1, -0.05) is 6.08 Å². The van der Waals surface area contributed by atoms with E-state index in [4.69, 9.17) is 37.9 Å². The molecule has 2 heterocycles. The van der Waals surface area contributed by atoms with Crippen LogP contribution in [-0.2, 0) is 66.7 Å². The molecule has 39 heavy (non-hydrogen) atoms. The van der Waals surface area contributed by atoms with E-state index in [1.54, 1.807) is 0 Å². The van der Waals surface area contributed by atoms with Crippen molar-refractivity contribution in [2.24, 2.45) is 11.8 Å². The molecule has 0 saturated carbocycles. The summed E-state index contributed by atoms with van der Waals surface area (Å²) in [4.78, 5) is 71.0. The van der Waals surface area contributed by atoms with Gasteiger partial charge in [0.25, 0.3) is 0 Å². The van der Waals surface area contributed by atoms with Gasteiger partial charge in [0.2, 0.25) is 12.6 Å². The van der Waals surface area contributed by atoms with E-state index in [9.17, 15) is 28.8 Å². The molecule has 0 aromatic heterocycles. The van der Waals surface area contributed by atoms with Gasteiger partial charge < -0.3 is 42.7 Å². The number of carbonyl (C=O) groups excluding carboxylic acids is 6. The van der Waals surface area contributed by atoms with Crippen molar-refractivity contribution in [1.82, 2.24) is 0 Å². The zero-order valence-corrected chi connectivity index (χ0v) is 22.2. The summed E-state index contributed by atoms with van der Waals surface area (Å²) in [6, 6.07) is 0. The molecule has 216 valence electrons. The minimum Gasteiger partial charge on any atom is -0.471 e. The first kappa shape index (κ1) is 31.4. The standard InChI is InChI=1S/C25H32O14/c1-7-16-17(8-9-26)18(23(31)32-6)10-34-24(16)39-25-22(37-15(5)30)21(36-14(4)29)20(35-13(3)28)19(38-25)11-33-12(2)27/h7,9-10,16-17,19-22,24-25H,1,8,11H2,2-6H3/t16?,17?,19-,20-,21+,22-,24+,25+/m1/s1. The molecule has 0 aromatic rings. The van der Waals surface area contributed by atoms with Crippen LogP contribution in [0.5, 0.6) is 0 Å². The molecule has 2 unspecified atom stereocenters. The lowest BCUT2D eigenvalue weighted by atomic mass is 9.82. The second-order valence-electron chi connectivity index (χ2n) is 8.59. The lowest BCUT2D eigenvalue weighted by molar-refractivity contribution is -0.342. The maximum atomic E-state index is 12.2. The van der Waals surface area contributed by atoms with Gasteiger partial charge in [-0.3, -0.25) is 19.2 Å². The maximum absolute atomic E-state index is 12.2. The Hall–Kier alpha value is -3.78. The molecule has 0 N–H and O–H groups in total. The van der Waals surface area contributed by atoms with Crippen molar-refractivity contribution in [3.63, 3.8) is 0 Å². The number of hydrogen-bond donors (Lipinski definition) is 0. The fourth-order valence-electron chi connectivity index (χ4n) is 4.25. The van der Waals surface area contributed by atoms with Crippen molar-refractivity contribution in [3.8, 4) is 0 Å². The van der Waals surface area contributed by atoms with Crippen LogP contribution in [0.3, 0.4) is 0 Å². The average Bonchev–Trinajstić information content (AvgIpc) is 2.85. The zero-order valence-electron chi connectivity index (χ0n) is 22.2. The first-order valence-corrected chi connectivity index (χ1v) is 11.9. The summed E-state index contributed by atoms with van der Waals surface area (Å²) in [6.07, 6.45) is -5.36. The van der Waals surface area contributed by atoms with E-state index < -0.39 is 85.3 Å². The molecule has 14 nitrogen and oxygen atoms in total. The highest BCUT2D eigenvalue weighted by Crippen LogP contribution is 2.37. The van der Waals surface area contributed by atoms with E-state index in [2.05, 4.69) is 6.58 Å². The van der Waals surface area contributed by atoms with E-state index >= 15 is 0 Å². The van der Waals surface area contributed by atoms with Gasteiger partial charge in [0.1, 0.15) is 19.0 Å². The minimum absolute atomic E-state index is 0.0656. The van der Waals surface area contributed by atoms with Crippen molar-refractivity contribution in [1.29, 1.82) is 0 Å². The molecule has 0 aliphatic carbocycles. The molecular formula is C25H32O14. The molecule has 2 aliphatic rings. The number of aldehydes is 1. The predicted octanol–water partition coefficient (Wildman–Crippen LogP) is 0.507. The Balaban J connectivity index is 2.51. The number of ether oxygens (including phenoxy) is 8. The smallest absolute Gasteiger partial charge is 0.337 e. The van der Waals surface area contributed by atoms with E-state index in [0.717, 1.165) is 34.0 Å². The first-order chi connectivity index (χ1) is 18.4. The number of hydrogen-bond acceptors (Lipinski definition) is 14. The van der Waals surface area contributed by atoms with Crippen molar-refractivity contribution >= 4 is 36.1 Å². The van der Waals surface area contributed by atoms with Gasteiger partial charge in [0, 0.05) is 46.0 Å². The van der Waals surface area contributed by atoms with Crippen LogP contribution in [0.25, 0.3) is 0 Å². The highest BCUT2D eigenvalue weighted by molar-refractivity contribution is 5.89. The molecule has 14 heteroatoms. The molecule has 2 aliphatic heterocycles. The van der Waals surface area contributed by atoms with Gasteiger partial charge in [-0.2, -0.15) is 0 Å². The number of rotatable bonds is 11. The van der Waals surface area contributed by atoms with Gasteiger partial charge in [-0.15, -0.1) is 6.58 Å². The number of methoxy groups -OCH3 is 1. The van der Waals surface area contributed by atoms with Gasteiger partial charge in [0.05, 0.1) is 18.9 Å². The van der Waals surface area contributed by atoms with E-state index in [0.29, 0.717) is 6.29 Å². The monoisotopic (exact) mass is 556 g/mol. The van der Waals surface area contributed by atoms with Crippen LogP contribution in [0, 0.1) is 11.8 Å². The SMILES string of the molecule is C=CC1C(CC=O)C(C(=O)OC)=CO[C@H]1O[C@@H]1O[C@H](COC(C)=O)[C@@H](OC(C)=O)[C@H](OC(C)=O)[C@H]1OC(C)=O. The Bertz CT molecular complexity index is 987. The van der Waals surface area contributed by atoms with E-state index in [1.165, 1.54) is 13.2 Å². The molecular weight excluding hydrogens is 524 g/mol. The lowest BCUT2D eigenvalue weighted by Crippen LogP contribution is -2.63. The molecule has 0 aromatic carbocycles. The van der Waals surface area contributed by atoms with Crippen molar-refractivity contribution < 1.29 is 66.7 Å². The maximum Gasteiger partial charge on any atom is 0.337 e. The molecule has 0 spiro atoms. The highest BCUT2D eigenvalue weighted by Gasteiger charge is 2.54. The Kier molecular flexibility index (Phi) is 11.6. The van der Waals surface area contributed by atoms with Crippen LogP contribution in [0.2, 0.25) is 0 Å². The molecule has 0 bridgehead atoms. The average molecular weight is 557 g/mol. The summed E-state index contributed by atoms with van der Waals surface area (Å²) in [5, 5.41) is 0. The fourth-order valence-corrected chi connectivity index (χ4v) is 4.25. The first-order valence-electron chi connectivity index (χ1n) is 11.9.